The van der Waals surface area contributed by atoms with Gasteiger partial charge in [0.05, 0.1) is 0 Å². The molecule has 82 valence electrons. The third-order valence-corrected chi connectivity index (χ3v) is 3.07. The Morgan fingerprint density at radius 1 is 1.13 bits per heavy atom. The minimum atomic E-state index is -0.857. The second-order valence-electron chi connectivity index (χ2n) is 4.22. The predicted octanol–water partition coefficient (Wildman–Crippen LogP) is 3.23. The fraction of sp³-hybridized carbons (Fsp3) is 0.538. The first-order valence-corrected chi connectivity index (χ1v) is 5.80. The van der Waals surface area contributed by atoms with Crippen LogP contribution in [-0.4, -0.2) is 12.6 Å². The molecule has 0 spiro atoms. The van der Waals surface area contributed by atoms with Gasteiger partial charge in [-0.25, -0.2) is 4.39 Å². The van der Waals surface area contributed by atoms with Gasteiger partial charge in [-0.2, -0.15) is 0 Å². The Morgan fingerprint density at radius 3 is 2.73 bits per heavy atom. The maximum Gasteiger partial charge on any atom is 0.140 e. The van der Waals surface area contributed by atoms with E-state index in [1.165, 1.54) is 12.8 Å². The Morgan fingerprint density at radius 2 is 1.93 bits per heavy atom. The van der Waals surface area contributed by atoms with E-state index < -0.39 is 6.17 Å². The highest BCUT2D eigenvalue weighted by atomic mass is 19.1. The van der Waals surface area contributed by atoms with E-state index in [1.807, 2.05) is 30.3 Å². The Kier molecular flexibility index (Phi) is 3.73. The van der Waals surface area contributed by atoms with Crippen molar-refractivity contribution in [2.75, 3.05) is 6.54 Å². The Bertz CT molecular complexity index is 278. The van der Waals surface area contributed by atoms with Gasteiger partial charge in [0.2, 0.25) is 0 Å². The number of nitrogens with one attached hydrogen (secondary N) is 1. The smallest absolute Gasteiger partial charge is 0.140 e. The molecule has 1 saturated heterocycles. The number of rotatable bonds is 2. The summed E-state index contributed by atoms with van der Waals surface area (Å²) in [6, 6.07) is 9.48. The van der Waals surface area contributed by atoms with Crippen LogP contribution in [0.3, 0.4) is 0 Å². The normalized spacial score (nSPS) is 24.5. The van der Waals surface area contributed by atoms with Crippen LogP contribution in [0, 0.1) is 0 Å². The molecule has 15 heavy (non-hydrogen) atoms. The Balaban J connectivity index is 2.03. The minimum absolute atomic E-state index is 0.00917. The van der Waals surface area contributed by atoms with Gasteiger partial charge < -0.3 is 5.32 Å². The van der Waals surface area contributed by atoms with E-state index in [0.717, 1.165) is 24.9 Å². The Labute approximate surface area is 90.7 Å². The monoisotopic (exact) mass is 207 g/mol. The molecule has 2 unspecified atom stereocenters. The summed E-state index contributed by atoms with van der Waals surface area (Å²) in [5.41, 5.74) is 0.803. The van der Waals surface area contributed by atoms with Crippen molar-refractivity contribution < 1.29 is 4.39 Å². The first kappa shape index (κ1) is 10.6. The second kappa shape index (κ2) is 5.26. The maximum atomic E-state index is 14.1. The van der Waals surface area contributed by atoms with Crippen LogP contribution in [0.4, 0.5) is 4.39 Å². The molecule has 0 radical (unpaired) electrons. The zero-order valence-corrected chi connectivity index (χ0v) is 8.95. The quantitative estimate of drug-likeness (QED) is 0.785. The predicted molar refractivity (Wildman–Crippen MR) is 60.5 cm³/mol. The number of halogens is 1. The largest absolute Gasteiger partial charge is 0.311 e. The molecule has 0 bridgehead atoms. The second-order valence-corrected chi connectivity index (χ2v) is 4.22. The van der Waals surface area contributed by atoms with Crippen LogP contribution in [0.25, 0.3) is 0 Å². The Hall–Kier alpha value is -0.890. The standard InChI is InChI=1S/C13H18FN/c14-13(11-7-3-1-4-8-11)12-9-5-2-6-10-15-12/h1,3-4,7-8,12-13,15H,2,5-6,9-10H2. The summed E-state index contributed by atoms with van der Waals surface area (Å²) in [5.74, 6) is 0. The highest BCUT2D eigenvalue weighted by molar-refractivity contribution is 5.19. The van der Waals surface area contributed by atoms with Crippen molar-refractivity contribution in [2.45, 2.75) is 37.9 Å². The summed E-state index contributed by atoms with van der Waals surface area (Å²) in [6.45, 7) is 0.956. The molecule has 0 saturated carbocycles. The molecular weight excluding hydrogens is 189 g/mol. The van der Waals surface area contributed by atoms with Crippen molar-refractivity contribution in [2.24, 2.45) is 0 Å². The molecule has 1 aromatic carbocycles. The van der Waals surface area contributed by atoms with Crippen LogP contribution in [0.5, 0.6) is 0 Å². The molecule has 2 rings (SSSR count). The van der Waals surface area contributed by atoms with Gasteiger partial charge in [0.1, 0.15) is 6.17 Å². The third kappa shape index (κ3) is 2.78. The number of hydrogen-bond donors (Lipinski definition) is 1. The van der Waals surface area contributed by atoms with Crippen LogP contribution >= 0.6 is 0 Å². The molecule has 1 fully saturated rings. The van der Waals surface area contributed by atoms with Crippen molar-refractivity contribution in [3.63, 3.8) is 0 Å². The van der Waals surface area contributed by atoms with Gasteiger partial charge in [0.25, 0.3) is 0 Å². The summed E-state index contributed by atoms with van der Waals surface area (Å²) in [7, 11) is 0. The molecule has 1 heterocycles. The lowest BCUT2D eigenvalue weighted by Crippen LogP contribution is -2.32. The van der Waals surface area contributed by atoms with Gasteiger partial charge in [0, 0.05) is 6.04 Å². The highest BCUT2D eigenvalue weighted by Crippen LogP contribution is 2.25. The first-order chi connectivity index (χ1) is 7.38. The highest BCUT2D eigenvalue weighted by Gasteiger charge is 2.22. The molecule has 2 atom stereocenters. The van der Waals surface area contributed by atoms with Crippen LogP contribution in [0.2, 0.25) is 0 Å². The van der Waals surface area contributed by atoms with E-state index in [1.54, 1.807) is 0 Å². The summed E-state index contributed by atoms with van der Waals surface area (Å²) >= 11 is 0. The molecule has 2 heteroatoms. The molecule has 1 aliphatic heterocycles. The average Bonchev–Trinajstić information content (AvgIpc) is 2.58. The van der Waals surface area contributed by atoms with Crippen molar-refractivity contribution in [3.8, 4) is 0 Å². The summed E-state index contributed by atoms with van der Waals surface area (Å²) in [4.78, 5) is 0. The van der Waals surface area contributed by atoms with Gasteiger partial charge in [-0.3, -0.25) is 0 Å². The van der Waals surface area contributed by atoms with Crippen molar-refractivity contribution in [1.82, 2.24) is 5.32 Å². The van der Waals surface area contributed by atoms with Crippen molar-refractivity contribution in [1.29, 1.82) is 0 Å². The molecule has 1 nitrogen and oxygen atoms in total. The van der Waals surface area contributed by atoms with E-state index in [-0.39, 0.29) is 6.04 Å². The zero-order chi connectivity index (χ0) is 10.5. The number of benzene rings is 1. The molecule has 0 aromatic heterocycles. The number of hydrogen-bond acceptors (Lipinski definition) is 1. The first-order valence-electron chi connectivity index (χ1n) is 5.80. The lowest BCUT2D eigenvalue weighted by atomic mass is 10.00. The van der Waals surface area contributed by atoms with Crippen LogP contribution in [0.15, 0.2) is 30.3 Å². The fourth-order valence-corrected chi connectivity index (χ4v) is 2.17. The summed E-state index contributed by atoms with van der Waals surface area (Å²) in [5, 5.41) is 3.30. The SMILES string of the molecule is FC(c1ccccc1)C1CCCCCN1. The van der Waals surface area contributed by atoms with E-state index >= 15 is 0 Å². The van der Waals surface area contributed by atoms with Gasteiger partial charge in [0.15, 0.2) is 0 Å². The third-order valence-electron chi connectivity index (χ3n) is 3.07. The molecule has 1 aliphatic rings. The van der Waals surface area contributed by atoms with Gasteiger partial charge in [-0.15, -0.1) is 0 Å². The number of alkyl halides is 1. The van der Waals surface area contributed by atoms with Crippen LogP contribution in [-0.2, 0) is 0 Å². The summed E-state index contributed by atoms with van der Waals surface area (Å²) < 4.78 is 14.1. The van der Waals surface area contributed by atoms with E-state index in [2.05, 4.69) is 5.32 Å². The van der Waals surface area contributed by atoms with Crippen molar-refractivity contribution in [3.05, 3.63) is 35.9 Å². The maximum absolute atomic E-state index is 14.1. The minimum Gasteiger partial charge on any atom is -0.311 e. The lowest BCUT2D eigenvalue weighted by Gasteiger charge is -2.20. The van der Waals surface area contributed by atoms with E-state index in [9.17, 15) is 4.39 Å². The topological polar surface area (TPSA) is 12.0 Å². The molecular formula is C13H18FN. The van der Waals surface area contributed by atoms with Gasteiger partial charge in [-0.05, 0) is 24.9 Å². The molecule has 0 amide bonds. The lowest BCUT2D eigenvalue weighted by molar-refractivity contribution is 0.249. The zero-order valence-electron chi connectivity index (χ0n) is 8.95. The molecule has 1 aromatic rings. The van der Waals surface area contributed by atoms with Crippen LogP contribution < -0.4 is 5.32 Å². The van der Waals surface area contributed by atoms with E-state index in [0.29, 0.717) is 0 Å². The fourth-order valence-electron chi connectivity index (χ4n) is 2.17. The van der Waals surface area contributed by atoms with Crippen LogP contribution in [0.1, 0.15) is 37.4 Å². The molecule has 1 N–H and O–H groups in total. The van der Waals surface area contributed by atoms with Gasteiger partial charge in [-0.1, -0.05) is 43.2 Å². The van der Waals surface area contributed by atoms with Gasteiger partial charge >= 0.3 is 0 Å². The van der Waals surface area contributed by atoms with E-state index in [4.69, 9.17) is 0 Å². The molecule has 0 aliphatic carbocycles. The average molecular weight is 207 g/mol. The van der Waals surface area contributed by atoms with Crippen molar-refractivity contribution >= 4 is 0 Å². The summed E-state index contributed by atoms with van der Waals surface area (Å²) in [6.07, 6.45) is 3.65.